The van der Waals surface area contributed by atoms with Gasteiger partial charge >= 0.3 is 5.63 Å². The van der Waals surface area contributed by atoms with Crippen LogP contribution >= 0.6 is 11.8 Å². The van der Waals surface area contributed by atoms with E-state index < -0.39 is 5.63 Å². The Hall–Kier alpha value is -2.40. The van der Waals surface area contributed by atoms with Gasteiger partial charge in [-0.2, -0.15) is 0 Å². The summed E-state index contributed by atoms with van der Waals surface area (Å²) in [4.78, 5) is 13.1. The van der Waals surface area contributed by atoms with Gasteiger partial charge in [0.2, 0.25) is 0 Å². The molecule has 0 spiro atoms. The van der Waals surface area contributed by atoms with Crippen LogP contribution < -0.4 is 5.63 Å². The number of rotatable bonds is 2. The van der Waals surface area contributed by atoms with E-state index in [9.17, 15) is 15.0 Å². The third-order valence-electron chi connectivity index (χ3n) is 3.09. The molecule has 4 nitrogen and oxygen atoms in total. The number of hydrogen-bond donors (Lipinski definition) is 2. The summed E-state index contributed by atoms with van der Waals surface area (Å²) in [5, 5.41) is 20.1. The Bertz CT molecular complexity index is 860. The Labute approximate surface area is 124 Å². The van der Waals surface area contributed by atoms with Crippen LogP contribution in [0.2, 0.25) is 0 Å². The maximum absolute atomic E-state index is 11.6. The van der Waals surface area contributed by atoms with Crippen molar-refractivity contribution >= 4 is 22.7 Å². The van der Waals surface area contributed by atoms with Crippen LogP contribution in [0.4, 0.5) is 0 Å². The van der Waals surface area contributed by atoms with Crippen molar-refractivity contribution in [1.82, 2.24) is 0 Å². The molecule has 0 saturated carbocycles. The first-order chi connectivity index (χ1) is 10.0. The topological polar surface area (TPSA) is 70.7 Å². The van der Waals surface area contributed by atoms with Crippen molar-refractivity contribution in [2.45, 2.75) is 16.7 Å². The van der Waals surface area contributed by atoms with Crippen molar-refractivity contribution in [3.05, 3.63) is 58.4 Å². The van der Waals surface area contributed by atoms with Gasteiger partial charge in [0.25, 0.3) is 0 Å². The summed E-state index contributed by atoms with van der Waals surface area (Å²) in [6.07, 6.45) is 0. The summed E-state index contributed by atoms with van der Waals surface area (Å²) in [6.45, 7) is 1.70. The molecule has 5 heteroatoms. The van der Waals surface area contributed by atoms with Crippen molar-refractivity contribution in [1.29, 1.82) is 0 Å². The summed E-state index contributed by atoms with van der Waals surface area (Å²) in [7, 11) is 0. The standard InChI is InChI=1S/C16H12O4S/c1-9-6-10(7-12(17)16(9)19)21-14-8-15(18)20-13-5-3-2-4-11(13)14/h2-8,17,19H,1H3. The zero-order chi connectivity index (χ0) is 15.0. The summed E-state index contributed by atoms with van der Waals surface area (Å²) in [5.41, 5.74) is 0.674. The number of aryl methyl sites for hydroxylation is 1. The van der Waals surface area contributed by atoms with E-state index in [-0.39, 0.29) is 11.5 Å². The fourth-order valence-corrected chi connectivity index (χ4v) is 3.17. The second-order valence-electron chi connectivity index (χ2n) is 4.64. The van der Waals surface area contributed by atoms with Crippen LogP contribution in [0.15, 0.2) is 61.5 Å². The molecular formula is C16H12O4S. The zero-order valence-corrected chi connectivity index (χ0v) is 12.0. The Kier molecular flexibility index (Phi) is 3.35. The van der Waals surface area contributed by atoms with Gasteiger partial charge in [0.15, 0.2) is 11.5 Å². The molecule has 2 aromatic carbocycles. The predicted molar refractivity (Wildman–Crippen MR) is 81.1 cm³/mol. The fraction of sp³-hybridized carbons (Fsp3) is 0.0625. The number of phenols is 2. The molecule has 0 amide bonds. The highest BCUT2D eigenvalue weighted by Gasteiger charge is 2.10. The van der Waals surface area contributed by atoms with Gasteiger partial charge in [0, 0.05) is 21.2 Å². The lowest BCUT2D eigenvalue weighted by Gasteiger charge is -2.08. The highest BCUT2D eigenvalue weighted by atomic mass is 32.2. The van der Waals surface area contributed by atoms with Crippen molar-refractivity contribution in [3.63, 3.8) is 0 Å². The van der Waals surface area contributed by atoms with E-state index in [2.05, 4.69) is 0 Å². The Balaban J connectivity index is 2.12. The Morgan fingerprint density at radius 1 is 1.10 bits per heavy atom. The molecule has 0 aliphatic carbocycles. The summed E-state index contributed by atoms with van der Waals surface area (Å²) in [5.74, 6) is -0.304. The van der Waals surface area contributed by atoms with Gasteiger partial charge in [0.05, 0.1) is 0 Å². The Morgan fingerprint density at radius 3 is 2.62 bits per heavy atom. The monoisotopic (exact) mass is 300 g/mol. The van der Waals surface area contributed by atoms with Crippen LogP contribution in [0.1, 0.15) is 5.56 Å². The number of phenolic OH excluding ortho intramolecular Hbond substituents is 2. The van der Waals surface area contributed by atoms with Crippen molar-refractivity contribution in [2.24, 2.45) is 0 Å². The maximum Gasteiger partial charge on any atom is 0.337 e. The minimum absolute atomic E-state index is 0.128. The number of hydrogen-bond acceptors (Lipinski definition) is 5. The molecule has 0 saturated heterocycles. The van der Waals surface area contributed by atoms with E-state index >= 15 is 0 Å². The van der Waals surface area contributed by atoms with E-state index in [4.69, 9.17) is 4.42 Å². The quantitative estimate of drug-likeness (QED) is 0.558. The molecule has 0 bridgehead atoms. The normalized spacial score (nSPS) is 10.9. The summed E-state index contributed by atoms with van der Waals surface area (Å²) < 4.78 is 5.15. The lowest BCUT2D eigenvalue weighted by Crippen LogP contribution is -1.97. The molecule has 3 rings (SSSR count). The smallest absolute Gasteiger partial charge is 0.337 e. The maximum atomic E-state index is 11.6. The molecule has 1 aromatic heterocycles. The lowest BCUT2D eigenvalue weighted by molar-refractivity contribution is 0.400. The molecule has 106 valence electrons. The minimum atomic E-state index is -0.420. The minimum Gasteiger partial charge on any atom is -0.504 e. The molecule has 0 fully saturated rings. The van der Waals surface area contributed by atoms with Crippen molar-refractivity contribution < 1.29 is 14.6 Å². The van der Waals surface area contributed by atoms with Crippen LogP contribution in [-0.4, -0.2) is 10.2 Å². The summed E-state index contributed by atoms with van der Waals surface area (Å²) in [6, 6.07) is 11.9. The highest BCUT2D eigenvalue weighted by molar-refractivity contribution is 7.99. The first-order valence-corrected chi connectivity index (χ1v) is 7.09. The third-order valence-corrected chi connectivity index (χ3v) is 4.12. The molecule has 0 unspecified atom stereocenters. The van der Waals surface area contributed by atoms with Crippen molar-refractivity contribution in [3.8, 4) is 11.5 Å². The molecule has 0 radical (unpaired) electrons. The van der Waals surface area contributed by atoms with E-state index in [0.717, 1.165) is 15.2 Å². The molecule has 0 atom stereocenters. The van der Waals surface area contributed by atoms with Gasteiger partial charge in [-0.1, -0.05) is 30.0 Å². The molecule has 1 heterocycles. The largest absolute Gasteiger partial charge is 0.504 e. The van der Waals surface area contributed by atoms with Gasteiger partial charge in [-0.05, 0) is 30.7 Å². The van der Waals surface area contributed by atoms with E-state index in [1.54, 1.807) is 25.1 Å². The van der Waals surface area contributed by atoms with Crippen LogP contribution in [0.25, 0.3) is 11.0 Å². The second-order valence-corrected chi connectivity index (χ2v) is 5.75. The van der Waals surface area contributed by atoms with Gasteiger partial charge in [-0.15, -0.1) is 0 Å². The molecule has 3 aromatic rings. The average molecular weight is 300 g/mol. The Morgan fingerprint density at radius 2 is 1.86 bits per heavy atom. The van der Waals surface area contributed by atoms with Gasteiger partial charge in [-0.25, -0.2) is 4.79 Å². The molecule has 0 aliphatic heterocycles. The summed E-state index contributed by atoms with van der Waals surface area (Å²) >= 11 is 1.34. The molecule has 0 aliphatic rings. The van der Waals surface area contributed by atoms with Gasteiger partial charge in [0.1, 0.15) is 5.58 Å². The van der Waals surface area contributed by atoms with Crippen LogP contribution in [-0.2, 0) is 0 Å². The van der Waals surface area contributed by atoms with Crippen LogP contribution in [0.5, 0.6) is 11.5 Å². The SMILES string of the molecule is Cc1cc(Sc2cc(=O)oc3ccccc23)cc(O)c1O. The molecular weight excluding hydrogens is 288 g/mol. The number of benzene rings is 2. The average Bonchev–Trinajstić information content (AvgIpc) is 2.44. The molecule has 21 heavy (non-hydrogen) atoms. The van der Waals surface area contributed by atoms with Crippen LogP contribution in [0, 0.1) is 6.92 Å². The highest BCUT2D eigenvalue weighted by Crippen LogP contribution is 2.38. The lowest BCUT2D eigenvalue weighted by atomic mass is 10.2. The first-order valence-electron chi connectivity index (χ1n) is 6.28. The van der Waals surface area contributed by atoms with Crippen molar-refractivity contribution in [2.75, 3.05) is 0 Å². The molecule has 2 N–H and O–H groups in total. The first kappa shape index (κ1) is 13.6. The van der Waals surface area contributed by atoms with Crippen LogP contribution in [0.3, 0.4) is 0 Å². The number of para-hydroxylation sites is 1. The predicted octanol–water partition coefficient (Wildman–Crippen LogP) is 3.66. The van der Waals surface area contributed by atoms with E-state index in [1.807, 2.05) is 12.1 Å². The second kappa shape index (κ2) is 5.18. The van der Waals surface area contributed by atoms with E-state index in [0.29, 0.717) is 11.1 Å². The van der Waals surface area contributed by atoms with Gasteiger partial charge < -0.3 is 14.6 Å². The van der Waals surface area contributed by atoms with Gasteiger partial charge in [-0.3, -0.25) is 0 Å². The third kappa shape index (κ3) is 2.60. The fourth-order valence-electron chi connectivity index (χ4n) is 2.08. The number of aromatic hydroxyl groups is 2. The zero-order valence-electron chi connectivity index (χ0n) is 11.2. The van der Waals surface area contributed by atoms with E-state index in [1.165, 1.54) is 23.9 Å². The number of fused-ring (bicyclic) bond motifs is 1.